The molecule has 1 aromatic heterocycles. The van der Waals surface area contributed by atoms with E-state index in [1.54, 1.807) is 0 Å². The van der Waals surface area contributed by atoms with Crippen LogP contribution in [0.1, 0.15) is 30.7 Å². The lowest BCUT2D eigenvalue weighted by Gasteiger charge is -2.36. The Morgan fingerprint density at radius 1 is 0.926 bits per heavy atom. The minimum absolute atomic E-state index is 0.809. The average Bonchev–Trinajstić information content (AvgIpc) is 3.20. The van der Waals surface area contributed by atoms with E-state index in [9.17, 15) is 0 Å². The molecule has 3 aliphatic rings. The van der Waals surface area contributed by atoms with Crippen LogP contribution in [0.5, 0.6) is 5.75 Å². The lowest BCUT2D eigenvalue weighted by atomic mass is 9.91. The van der Waals surface area contributed by atoms with Crippen molar-refractivity contribution < 1.29 is 4.74 Å². The lowest BCUT2D eigenvalue weighted by Crippen LogP contribution is -2.41. The first-order valence-electron chi connectivity index (χ1n) is 10.3. The number of nitrogens with zero attached hydrogens (tertiary/aromatic N) is 3. The van der Waals surface area contributed by atoms with Crippen LogP contribution >= 0.6 is 0 Å². The minimum Gasteiger partial charge on any atom is -0.493 e. The van der Waals surface area contributed by atoms with E-state index in [1.165, 1.54) is 47.3 Å². The molecule has 0 saturated heterocycles. The van der Waals surface area contributed by atoms with Crippen LogP contribution in [0.15, 0.2) is 36.4 Å². The standard InChI is InChI=1S/C23H25N3O/c1-2-19(3-1)25-10-8-23-24-20-14-17(6-7-21(20)26(23)12-11-25)18-5-4-16-9-13-27-22(16)15-18/h4-7,14-15,19H,1-3,8-13H2. The van der Waals surface area contributed by atoms with E-state index in [-0.39, 0.29) is 0 Å². The SMILES string of the molecule is c1cc2c(cc1-c1ccc3c(c1)nc1n3CCN(C3CCC3)CC1)OCC2. The van der Waals surface area contributed by atoms with Crippen molar-refractivity contribution in [3.63, 3.8) is 0 Å². The van der Waals surface area contributed by atoms with Crippen molar-refractivity contribution in [2.24, 2.45) is 0 Å². The zero-order valence-electron chi connectivity index (χ0n) is 15.7. The second kappa shape index (κ2) is 6.10. The summed E-state index contributed by atoms with van der Waals surface area (Å²) in [7, 11) is 0. The second-order valence-corrected chi connectivity index (χ2v) is 8.17. The summed E-state index contributed by atoms with van der Waals surface area (Å²) >= 11 is 0. The predicted molar refractivity (Wildman–Crippen MR) is 107 cm³/mol. The Morgan fingerprint density at radius 3 is 2.70 bits per heavy atom. The van der Waals surface area contributed by atoms with E-state index in [0.29, 0.717) is 0 Å². The largest absolute Gasteiger partial charge is 0.493 e. The van der Waals surface area contributed by atoms with Gasteiger partial charge in [0.2, 0.25) is 0 Å². The van der Waals surface area contributed by atoms with Gasteiger partial charge in [-0.3, -0.25) is 4.90 Å². The fraction of sp³-hybridized carbons (Fsp3) is 0.435. The molecule has 6 rings (SSSR count). The Kier molecular flexibility index (Phi) is 3.55. The van der Waals surface area contributed by atoms with Gasteiger partial charge >= 0.3 is 0 Å². The molecule has 1 aliphatic carbocycles. The van der Waals surface area contributed by atoms with Crippen molar-refractivity contribution in [2.45, 2.75) is 44.7 Å². The van der Waals surface area contributed by atoms with E-state index >= 15 is 0 Å². The molecule has 0 atom stereocenters. The molecule has 0 radical (unpaired) electrons. The fourth-order valence-electron chi connectivity index (χ4n) is 4.85. The first-order valence-corrected chi connectivity index (χ1v) is 10.3. The molecule has 1 fully saturated rings. The zero-order valence-corrected chi connectivity index (χ0v) is 15.7. The molecule has 4 heteroatoms. The van der Waals surface area contributed by atoms with Gasteiger partial charge in [-0.05, 0) is 47.7 Å². The third-order valence-corrected chi connectivity index (χ3v) is 6.68. The zero-order chi connectivity index (χ0) is 17.8. The van der Waals surface area contributed by atoms with Gasteiger partial charge in [0.05, 0.1) is 17.6 Å². The Hall–Kier alpha value is -2.33. The minimum atomic E-state index is 0.809. The number of benzene rings is 2. The van der Waals surface area contributed by atoms with Gasteiger partial charge in [0.1, 0.15) is 11.6 Å². The highest BCUT2D eigenvalue weighted by Crippen LogP contribution is 2.33. The van der Waals surface area contributed by atoms with Crippen molar-refractivity contribution in [3.8, 4) is 16.9 Å². The molecule has 0 N–H and O–H groups in total. The molecule has 4 nitrogen and oxygen atoms in total. The van der Waals surface area contributed by atoms with Gasteiger partial charge < -0.3 is 9.30 Å². The van der Waals surface area contributed by atoms with Crippen LogP contribution in [-0.4, -0.2) is 40.2 Å². The third kappa shape index (κ3) is 2.58. The van der Waals surface area contributed by atoms with Crippen LogP contribution in [0.25, 0.3) is 22.2 Å². The van der Waals surface area contributed by atoms with Crippen molar-refractivity contribution >= 4 is 11.0 Å². The maximum atomic E-state index is 5.75. The first-order chi connectivity index (χ1) is 13.3. The lowest BCUT2D eigenvalue weighted by molar-refractivity contribution is 0.130. The van der Waals surface area contributed by atoms with Crippen LogP contribution in [0.4, 0.5) is 0 Å². The third-order valence-electron chi connectivity index (χ3n) is 6.68. The van der Waals surface area contributed by atoms with Crippen LogP contribution in [0.3, 0.4) is 0 Å². The van der Waals surface area contributed by atoms with Crippen molar-refractivity contribution in [1.82, 2.24) is 14.5 Å². The monoisotopic (exact) mass is 359 g/mol. The second-order valence-electron chi connectivity index (χ2n) is 8.17. The van der Waals surface area contributed by atoms with Gasteiger partial charge in [-0.25, -0.2) is 4.98 Å². The quantitative estimate of drug-likeness (QED) is 0.691. The Morgan fingerprint density at radius 2 is 1.81 bits per heavy atom. The maximum absolute atomic E-state index is 5.75. The smallest absolute Gasteiger partial charge is 0.123 e. The number of ether oxygens (including phenoxy) is 1. The van der Waals surface area contributed by atoms with E-state index in [0.717, 1.165) is 56.4 Å². The molecular formula is C23H25N3O. The van der Waals surface area contributed by atoms with Crippen LogP contribution < -0.4 is 4.74 Å². The molecule has 138 valence electrons. The van der Waals surface area contributed by atoms with Gasteiger partial charge in [0.15, 0.2) is 0 Å². The normalized spacial score (nSPS) is 20.0. The molecule has 0 bridgehead atoms. The maximum Gasteiger partial charge on any atom is 0.123 e. The highest BCUT2D eigenvalue weighted by atomic mass is 16.5. The predicted octanol–water partition coefficient (Wildman–Crippen LogP) is 4.05. The van der Waals surface area contributed by atoms with Gasteiger partial charge in [-0.15, -0.1) is 0 Å². The van der Waals surface area contributed by atoms with E-state index < -0.39 is 0 Å². The molecule has 0 amide bonds. The van der Waals surface area contributed by atoms with Gasteiger partial charge in [0, 0.05) is 38.5 Å². The van der Waals surface area contributed by atoms with Crippen LogP contribution in [0, 0.1) is 0 Å². The van der Waals surface area contributed by atoms with Crippen molar-refractivity contribution in [2.75, 3.05) is 19.7 Å². The summed E-state index contributed by atoms with van der Waals surface area (Å²) < 4.78 is 8.20. The van der Waals surface area contributed by atoms with E-state index in [4.69, 9.17) is 9.72 Å². The summed E-state index contributed by atoms with van der Waals surface area (Å²) in [5, 5.41) is 0. The van der Waals surface area contributed by atoms with Crippen molar-refractivity contribution in [1.29, 1.82) is 0 Å². The average molecular weight is 359 g/mol. The molecular weight excluding hydrogens is 334 g/mol. The molecule has 2 aliphatic heterocycles. The van der Waals surface area contributed by atoms with Gasteiger partial charge in [-0.2, -0.15) is 0 Å². The van der Waals surface area contributed by atoms with Gasteiger partial charge in [-0.1, -0.05) is 24.6 Å². The highest BCUT2D eigenvalue weighted by Gasteiger charge is 2.27. The Balaban J connectivity index is 1.33. The van der Waals surface area contributed by atoms with Crippen LogP contribution in [0.2, 0.25) is 0 Å². The molecule has 0 unspecified atom stereocenters. The molecule has 0 spiro atoms. The van der Waals surface area contributed by atoms with E-state index in [2.05, 4.69) is 45.9 Å². The number of rotatable bonds is 2. The summed E-state index contributed by atoms with van der Waals surface area (Å²) in [5.41, 5.74) is 6.18. The summed E-state index contributed by atoms with van der Waals surface area (Å²) in [6.45, 7) is 4.19. The summed E-state index contributed by atoms with van der Waals surface area (Å²) in [6.07, 6.45) is 6.27. The number of hydrogen-bond acceptors (Lipinski definition) is 3. The molecule has 2 aromatic carbocycles. The molecule has 1 saturated carbocycles. The van der Waals surface area contributed by atoms with Crippen molar-refractivity contribution in [3.05, 3.63) is 47.8 Å². The number of imidazole rings is 1. The molecule has 3 heterocycles. The Labute approximate surface area is 159 Å². The molecule has 3 aromatic rings. The number of hydrogen-bond donors (Lipinski definition) is 0. The summed E-state index contributed by atoms with van der Waals surface area (Å²) in [4.78, 5) is 7.70. The topological polar surface area (TPSA) is 30.3 Å². The Bertz CT molecular complexity index is 1020. The summed E-state index contributed by atoms with van der Waals surface area (Å²) in [6, 6.07) is 14.2. The first kappa shape index (κ1) is 15.7. The van der Waals surface area contributed by atoms with Gasteiger partial charge in [0.25, 0.3) is 0 Å². The fourth-order valence-corrected chi connectivity index (χ4v) is 4.85. The summed E-state index contributed by atoms with van der Waals surface area (Å²) in [5.74, 6) is 2.30. The molecule has 27 heavy (non-hydrogen) atoms. The number of fused-ring (bicyclic) bond motifs is 4. The van der Waals surface area contributed by atoms with E-state index in [1.807, 2.05) is 0 Å². The number of aromatic nitrogens is 2. The highest BCUT2D eigenvalue weighted by molar-refractivity contribution is 5.83. The van der Waals surface area contributed by atoms with Crippen LogP contribution in [-0.2, 0) is 19.4 Å².